The quantitative estimate of drug-likeness (QED) is 0.635. The van der Waals surface area contributed by atoms with E-state index in [-0.39, 0.29) is 30.4 Å². The number of methoxy groups -OCH3 is 1. The summed E-state index contributed by atoms with van der Waals surface area (Å²) in [6.45, 7) is 3.03. The second-order valence-electron chi connectivity index (χ2n) is 8.12. The fourth-order valence-electron chi connectivity index (χ4n) is 4.12. The summed E-state index contributed by atoms with van der Waals surface area (Å²) in [6.07, 6.45) is 1.91. The summed E-state index contributed by atoms with van der Waals surface area (Å²) in [5, 5.41) is 12.0. The van der Waals surface area contributed by atoms with E-state index in [0.29, 0.717) is 62.0 Å². The van der Waals surface area contributed by atoms with Crippen LogP contribution < -0.4 is 5.32 Å². The molecule has 3 heterocycles. The molecule has 1 aromatic carbocycles. The van der Waals surface area contributed by atoms with E-state index in [1.54, 1.807) is 16.7 Å². The maximum atomic E-state index is 13.1. The molecular formula is C22H28ClN5O4. The smallest absolute Gasteiger partial charge is 0.276 e. The van der Waals surface area contributed by atoms with Gasteiger partial charge < -0.3 is 19.7 Å². The van der Waals surface area contributed by atoms with Crippen molar-refractivity contribution < 1.29 is 19.1 Å². The van der Waals surface area contributed by atoms with E-state index in [1.165, 1.54) is 0 Å². The molecule has 10 heteroatoms. The van der Waals surface area contributed by atoms with Gasteiger partial charge in [-0.05, 0) is 37.0 Å². The van der Waals surface area contributed by atoms with Crippen molar-refractivity contribution in [1.82, 2.24) is 25.2 Å². The number of amides is 2. The minimum atomic E-state index is -0.164. The predicted molar refractivity (Wildman–Crippen MR) is 117 cm³/mol. The van der Waals surface area contributed by atoms with E-state index in [2.05, 4.69) is 15.6 Å². The number of piperidine rings is 1. The average Bonchev–Trinajstić information content (AvgIpc) is 3.25. The summed E-state index contributed by atoms with van der Waals surface area (Å²) in [5.41, 5.74) is 2.03. The van der Waals surface area contributed by atoms with Gasteiger partial charge in [0.1, 0.15) is 6.10 Å². The predicted octanol–water partition coefficient (Wildman–Crippen LogP) is 2.21. The normalized spacial score (nSPS) is 18.9. The van der Waals surface area contributed by atoms with E-state index in [1.807, 2.05) is 24.3 Å². The van der Waals surface area contributed by atoms with Crippen LogP contribution >= 0.6 is 11.6 Å². The van der Waals surface area contributed by atoms with Gasteiger partial charge in [-0.1, -0.05) is 28.9 Å². The largest absolute Gasteiger partial charge is 0.385 e. The molecule has 0 spiro atoms. The Morgan fingerprint density at radius 2 is 2.00 bits per heavy atom. The molecular weight excluding hydrogens is 434 g/mol. The first-order chi connectivity index (χ1) is 15.6. The van der Waals surface area contributed by atoms with Crippen LogP contribution in [0.3, 0.4) is 0 Å². The average molecular weight is 462 g/mol. The zero-order valence-corrected chi connectivity index (χ0v) is 18.9. The van der Waals surface area contributed by atoms with Crippen molar-refractivity contribution in [3.63, 3.8) is 0 Å². The lowest BCUT2D eigenvalue weighted by Gasteiger charge is -2.31. The zero-order valence-electron chi connectivity index (χ0n) is 18.1. The van der Waals surface area contributed by atoms with Gasteiger partial charge in [-0.2, -0.15) is 0 Å². The van der Waals surface area contributed by atoms with Crippen molar-refractivity contribution in [2.24, 2.45) is 5.92 Å². The van der Waals surface area contributed by atoms with Crippen molar-refractivity contribution >= 4 is 23.4 Å². The highest BCUT2D eigenvalue weighted by Gasteiger charge is 2.33. The van der Waals surface area contributed by atoms with Crippen molar-refractivity contribution in [3.8, 4) is 0 Å². The Hall–Kier alpha value is -2.49. The number of hydrogen-bond acceptors (Lipinski definition) is 6. The van der Waals surface area contributed by atoms with Gasteiger partial charge in [0.25, 0.3) is 5.91 Å². The Kier molecular flexibility index (Phi) is 7.39. The Balaban J connectivity index is 1.32. The molecule has 0 unspecified atom stereocenters. The van der Waals surface area contributed by atoms with Crippen LogP contribution in [0.2, 0.25) is 5.02 Å². The standard InChI is InChI=1S/C22H28ClN5O4/c1-31-12-2-9-24-21(29)16-7-10-27(11-8-16)22(30)20-18-14-32-19(13-28(18)26-25-20)15-3-5-17(23)6-4-15/h3-6,16,19H,2,7-14H2,1H3,(H,24,29)/t19-/m1/s1. The van der Waals surface area contributed by atoms with Crippen LogP contribution in [0.5, 0.6) is 0 Å². The first-order valence-electron chi connectivity index (χ1n) is 10.9. The highest BCUT2D eigenvalue weighted by molar-refractivity contribution is 6.30. The van der Waals surface area contributed by atoms with E-state index < -0.39 is 0 Å². The second kappa shape index (κ2) is 10.4. The molecule has 2 aliphatic heterocycles. The molecule has 9 nitrogen and oxygen atoms in total. The third kappa shape index (κ3) is 5.11. The number of rotatable bonds is 7. The van der Waals surface area contributed by atoms with Gasteiger partial charge in [-0.15, -0.1) is 5.10 Å². The third-order valence-corrected chi connectivity index (χ3v) is 6.27. The molecule has 2 aliphatic rings. The molecule has 1 atom stereocenters. The molecule has 0 saturated carbocycles. The maximum absolute atomic E-state index is 13.1. The highest BCUT2D eigenvalue weighted by Crippen LogP contribution is 2.28. The van der Waals surface area contributed by atoms with Gasteiger partial charge in [0, 0.05) is 44.3 Å². The third-order valence-electron chi connectivity index (χ3n) is 6.02. The molecule has 0 aliphatic carbocycles. The van der Waals surface area contributed by atoms with Gasteiger partial charge in [0.15, 0.2) is 5.69 Å². The summed E-state index contributed by atoms with van der Waals surface area (Å²) in [5.74, 6) is -0.172. The van der Waals surface area contributed by atoms with Crippen LogP contribution in [0.1, 0.15) is 47.1 Å². The van der Waals surface area contributed by atoms with Crippen LogP contribution in [-0.2, 0) is 27.4 Å². The molecule has 2 amide bonds. The van der Waals surface area contributed by atoms with Crippen LogP contribution in [-0.4, -0.2) is 65.1 Å². The highest BCUT2D eigenvalue weighted by atomic mass is 35.5. The number of aromatic nitrogens is 3. The van der Waals surface area contributed by atoms with Crippen LogP contribution in [0, 0.1) is 5.92 Å². The summed E-state index contributed by atoms with van der Waals surface area (Å²) in [6, 6.07) is 7.52. The van der Waals surface area contributed by atoms with Crippen molar-refractivity contribution in [2.45, 2.75) is 38.5 Å². The fraction of sp³-hybridized carbons (Fsp3) is 0.545. The molecule has 172 valence electrons. The number of likely N-dealkylation sites (tertiary alicyclic amines) is 1. The van der Waals surface area contributed by atoms with Crippen LogP contribution in [0.4, 0.5) is 0 Å². The Morgan fingerprint density at radius 3 is 2.72 bits per heavy atom. The molecule has 1 aromatic heterocycles. The number of carbonyl (C=O) groups excluding carboxylic acids is 2. The summed E-state index contributed by atoms with van der Waals surface area (Å²) >= 11 is 5.97. The van der Waals surface area contributed by atoms with Gasteiger partial charge >= 0.3 is 0 Å². The first kappa shape index (κ1) is 22.7. The second-order valence-corrected chi connectivity index (χ2v) is 8.56. The monoisotopic (exact) mass is 461 g/mol. The zero-order chi connectivity index (χ0) is 22.5. The number of benzene rings is 1. The SMILES string of the molecule is COCCCNC(=O)C1CCN(C(=O)c2nnn3c2CO[C@@H](c2ccc(Cl)cc2)C3)CC1. The van der Waals surface area contributed by atoms with Crippen LogP contribution in [0.25, 0.3) is 0 Å². The lowest BCUT2D eigenvalue weighted by atomic mass is 9.95. The molecule has 0 bridgehead atoms. The van der Waals surface area contributed by atoms with Crippen molar-refractivity contribution in [2.75, 3.05) is 33.4 Å². The van der Waals surface area contributed by atoms with E-state index in [9.17, 15) is 9.59 Å². The maximum Gasteiger partial charge on any atom is 0.276 e. The molecule has 1 saturated heterocycles. The van der Waals surface area contributed by atoms with Crippen LogP contribution in [0.15, 0.2) is 24.3 Å². The van der Waals surface area contributed by atoms with Crippen molar-refractivity contribution in [1.29, 1.82) is 0 Å². The Morgan fingerprint density at radius 1 is 1.25 bits per heavy atom. The van der Waals surface area contributed by atoms with E-state index in [4.69, 9.17) is 21.1 Å². The summed E-state index contributed by atoms with van der Waals surface area (Å²) in [4.78, 5) is 27.1. The summed E-state index contributed by atoms with van der Waals surface area (Å²) < 4.78 is 12.7. The summed E-state index contributed by atoms with van der Waals surface area (Å²) in [7, 11) is 1.64. The molecule has 32 heavy (non-hydrogen) atoms. The number of fused-ring (bicyclic) bond motifs is 1. The van der Waals surface area contributed by atoms with E-state index in [0.717, 1.165) is 12.0 Å². The molecule has 1 N–H and O–H groups in total. The Labute approximate surface area is 192 Å². The number of ether oxygens (including phenoxy) is 2. The lowest BCUT2D eigenvalue weighted by molar-refractivity contribution is -0.126. The number of nitrogens with zero attached hydrogens (tertiary/aromatic N) is 4. The molecule has 4 rings (SSSR count). The van der Waals surface area contributed by atoms with Gasteiger partial charge in [-0.25, -0.2) is 4.68 Å². The number of hydrogen-bond donors (Lipinski definition) is 1. The molecule has 1 fully saturated rings. The molecule has 0 radical (unpaired) electrons. The molecule has 2 aromatic rings. The van der Waals surface area contributed by atoms with E-state index >= 15 is 0 Å². The fourth-order valence-corrected chi connectivity index (χ4v) is 4.25. The number of halogens is 1. The van der Waals surface area contributed by atoms with Gasteiger partial charge in [0.05, 0.1) is 18.8 Å². The topological polar surface area (TPSA) is 98.6 Å². The Bertz CT molecular complexity index is 940. The minimum Gasteiger partial charge on any atom is -0.385 e. The first-order valence-corrected chi connectivity index (χ1v) is 11.3. The number of nitrogens with one attached hydrogen (secondary N) is 1. The van der Waals surface area contributed by atoms with Crippen molar-refractivity contribution in [3.05, 3.63) is 46.2 Å². The van der Waals surface area contributed by atoms with Gasteiger partial charge in [0.2, 0.25) is 5.91 Å². The van der Waals surface area contributed by atoms with Gasteiger partial charge in [-0.3, -0.25) is 9.59 Å². The minimum absolute atomic E-state index is 0.0517. The number of carbonyl (C=O) groups is 2. The lowest BCUT2D eigenvalue weighted by Crippen LogP contribution is -2.43.